The summed E-state index contributed by atoms with van der Waals surface area (Å²) < 4.78 is 10.4. The molecule has 0 fully saturated rings. The second-order valence-corrected chi connectivity index (χ2v) is 4.37. The lowest BCUT2D eigenvalue weighted by atomic mass is 10.1. The molecular formula is C16H17NO3. The van der Waals surface area contributed by atoms with Gasteiger partial charge >= 0.3 is 5.97 Å². The Labute approximate surface area is 118 Å². The number of nitrogens with zero attached hydrogens (tertiary/aromatic N) is 1. The first-order valence-electron chi connectivity index (χ1n) is 6.50. The fraction of sp³-hybridized carbons (Fsp3) is 0.250. The maximum Gasteiger partial charge on any atom is 0.360 e. The molecular weight excluding hydrogens is 254 g/mol. The molecule has 0 amide bonds. The number of hydrogen-bond acceptors (Lipinski definition) is 4. The summed E-state index contributed by atoms with van der Waals surface area (Å²) in [6.07, 6.45) is 1.81. The van der Waals surface area contributed by atoms with E-state index in [9.17, 15) is 4.79 Å². The molecule has 0 aliphatic heterocycles. The van der Waals surface area contributed by atoms with Crippen LogP contribution >= 0.6 is 0 Å². The summed E-state index contributed by atoms with van der Waals surface area (Å²) >= 11 is 0. The Bertz CT molecular complexity index is 626. The summed E-state index contributed by atoms with van der Waals surface area (Å²) in [6.45, 7) is 5.75. The number of rotatable bonds is 4. The molecule has 0 spiro atoms. The van der Waals surface area contributed by atoms with Gasteiger partial charge in [0.25, 0.3) is 0 Å². The van der Waals surface area contributed by atoms with Gasteiger partial charge in [0.15, 0.2) is 5.69 Å². The van der Waals surface area contributed by atoms with Crippen LogP contribution < -0.4 is 0 Å². The molecule has 0 unspecified atom stereocenters. The largest absolute Gasteiger partial charge is 0.461 e. The van der Waals surface area contributed by atoms with E-state index in [4.69, 9.17) is 9.15 Å². The molecule has 1 aromatic heterocycles. The number of carbonyl (C=O) groups is 1. The number of allylic oxidation sites excluding steroid dienone is 1. The van der Waals surface area contributed by atoms with E-state index >= 15 is 0 Å². The molecule has 1 aromatic carbocycles. The maximum absolute atomic E-state index is 11.7. The Morgan fingerprint density at radius 1 is 1.35 bits per heavy atom. The highest BCUT2D eigenvalue weighted by Crippen LogP contribution is 2.19. The van der Waals surface area contributed by atoms with Crippen molar-refractivity contribution < 1.29 is 13.9 Å². The Balaban J connectivity index is 2.27. The first kappa shape index (κ1) is 14.1. The highest BCUT2D eigenvalue weighted by molar-refractivity contribution is 5.89. The fourth-order valence-electron chi connectivity index (χ4n) is 1.84. The molecule has 0 radical (unpaired) electrons. The minimum absolute atomic E-state index is 0.235. The third kappa shape index (κ3) is 3.15. The lowest BCUT2D eigenvalue weighted by Crippen LogP contribution is -2.06. The van der Waals surface area contributed by atoms with Crippen LogP contribution in [0.1, 0.15) is 41.6 Å². The van der Waals surface area contributed by atoms with Crippen molar-refractivity contribution in [1.29, 1.82) is 0 Å². The Morgan fingerprint density at radius 3 is 2.70 bits per heavy atom. The van der Waals surface area contributed by atoms with Crippen LogP contribution in [0.15, 0.2) is 34.7 Å². The molecule has 104 valence electrons. The number of aryl methyl sites for hydroxylation is 1. The number of esters is 1. The molecule has 2 aromatic rings. The summed E-state index contributed by atoms with van der Waals surface area (Å²) in [5, 5.41) is 0. The third-order valence-electron chi connectivity index (χ3n) is 2.85. The van der Waals surface area contributed by atoms with Gasteiger partial charge in [0.05, 0.1) is 6.61 Å². The van der Waals surface area contributed by atoms with E-state index in [-0.39, 0.29) is 5.69 Å². The van der Waals surface area contributed by atoms with Gasteiger partial charge in [-0.3, -0.25) is 0 Å². The smallest absolute Gasteiger partial charge is 0.360 e. The highest BCUT2D eigenvalue weighted by Gasteiger charge is 2.17. The van der Waals surface area contributed by atoms with Crippen molar-refractivity contribution in [2.45, 2.75) is 20.8 Å². The monoisotopic (exact) mass is 271 g/mol. The maximum atomic E-state index is 11.7. The van der Waals surface area contributed by atoms with Gasteiger partial charge in [0.1, 0.15) is 5.76 Å². The second-order valence-electron chi connectivity index (χ2n) is 4.37. The normalized spacial score (nSPS) is 11.4. The summed E-state index contributed by atoms with van der Waals surface area (Å²) in [7, 11) is 0. The zero-order chi connectivity index (χ0) is 14.5. The van der Waals surface area contributed by atoms with E-state index in [1.165, 1.54) is 0 Å². The van der Waals surface area contributed by atoms with Crippen LogP contribution in [0.4, 0.5) is 0 Å². The van der Waals surface area contributed by atoms with Gasteiger partial charge < -0.3 is 9.15 Å². The van der Waals surface area contributed by atoms with E-state index in [1.807, 2.05) is 43.3 Å². The molecule has 0 saturated carbocycles. The Kier molecular flexibility index (Phi) is 4.35. The quantitative estimate of drug-likeness (QED) is 0.795. The summed E-state index contributed by atoms with van der Waals surface area (Å²) in [5.41, 5.74) is 2.34. The lowest BCUT2D eigenvalue weighted by molar-refractivity contribution is 0.0518. The summed E-state index contributed by atoms with van der Waals surface area (Å²) in [4.78, 5) is 15.8. The van der Waals surface area contributed by atoms with E-state index in [2.05, 4.69) is 4.98 Å². The van der Waals surface area contributed by atoms with Crippen molar-refractivity contribution in [2.24, 2.45) is 0 Å². The molecule has 20 heavy (non-hydrogen) atoms. The molecule has 4 nitrogen and oxygen atoms in total. The van der Waals surface area contributed by atoms with Gasteiger partial charge in [0, 0.05) is 6.08 Å². The number of hydrogen-bond donors (Lipinski definition) is 0. The minimum atomic E-state index is -0.453. The van der Waals surface area contributed by atoms with Gasteiger partial charge in [0.2, 0.25) is 5.89 Å². The lowest BCUT2D eigenvalue weighted by Gasteiger charge is -1.98. The molecule has 2 rings (SSSR count). The van der Waals surface area contributed by atoms with Crippen molar-refractivity contribution in [3.05, 3.63) is 53.2 Å². The van der Waals surface area contributed by atoms with Crippen molar-refractivity contribution >= 4 is 17.6 Å². The molecule has 0 saturated heterocycles. The fourth-order valence-corrected chi connectivity index (χ4v) is 1.84. The van der Waals surface area contributed by atoms with Crippen LogP contribution in [0.5, 0.6) is 0 Å². The number of aromatic nitrogens is 1. The molecule has 1 heterocycles. The van der Waals surface area contributed by atoms with Gasteiger partial charge in [-0.2, -0.15) is 0 Å². The first-order chi connectivity index (χ1) is 9.61. The van der Waals surface area contributed by atoms with Crippen LogP contribution in [0.2, 0.25) is 0 Å². The molecule has 0 aliphatic carbocycles. The van der Waals surface area contributed by atoms with E-state index < -0.39 is 5.97 Å². The molecule has 0 bridgehead atoms. The molecule has 0 atom stereocenters. The Hall–Kier alpha value is -2.36. The highest BCUT2D eigenvalue weighted by atomic mass is 16.5. The predicted octanol–water partition coefficient (Wildman–Crippen LogP) is 3.72. The van der Waals surface area contributed by atoms with Crippen LogP contribution in [-0.4, -0.2) is 17.6 Å². The van der Waals surface area contributed by atoms with Crippen molar-refractivity contribution in [2.75, 3.05) is 6.61 Å². The average Bonchev–Trinajstić information content (AvgIpc) is 2.81. The van der Waals surface area contributed by atoms with Crippen LogP contribution in [-0.2, 0) is 4.74 Å². The first-order valence-corrected chi connectivity index (χ1v) is 6.50. The minimum Gasteiger partial charge on any atom is -0.461 e. The molecule has 4 heteroatoms. The Morgan fingerprint density at radius 2 is 2.05 bits per heavy atom. The van der Waals surface area contributed by atoms with Gasteiger partial charge in [-0.15, -0.1) is 0 Å². The van der Waals surface area contributed by atoms with Crippen molar-refractivity contribution in [3.63, 3.8) is 0 Å². The van der Waals surface area contributed by atoms with Crippen LogP contribution in [0, 0.1) is 6.92 Å². The zero-order valence-electron chi connectivity index (χ0n) is 11.8. The third-order valence-corrected chi connectivity index (χ3v) is 2.85. The van der Waals surface area contributed by atoms with Gasteiger partial charge in [-0.05, 0) is 31.9 Å². The second kappa shape index (κ2) is 6.19. The summed E-state index contributed by atoms with van der Waals surface area (Å²) in [5.74, 6) is 0.424. The SMILES string of the molecule is CCOC(=O)c1nc(/C=C(\C)c2ccccc2)oc1C. The number of carbonyl (C=O) groups excluding carboxylic acids is 1. The van der Waals surface area contributed by atoms with Crippen molar-refractivity contribution in [3.8, 4) is 0 Å². The number of ether oxygens (including phenoxy) is 1. The predicted molar refractivity (Wildman–Crippen MR) is 77.2 cm³/mol. The molecule has 0 aliphatic rings. The van der Waals surface area contributed by atoms with E-state index in [0.29, 0.717) is 18.3 Å². The van der Waals surface area contributed by atoms with Crippen LogP contribution in [0.25, 0.3) is 11.6 Å². The molecule has 0 N–H and O–H groups in total. The number of benzene rings is 1. The number of oxazole rings is 1. The van der Waals surface area contributed by atoms with Gasteiger partial charge in [-0.1, -0.05) is 30.3 Å². The average molecular weight is 271 g/mol. The standard InChI is InChI=1S/C16H17NO3/c1-4-19-16(18)15-12(3)20-14(17-15)10-11(2)13-8-6-5-7-9-13/h5-10H,4H2,1-3H3/b11-10+. The van der Waals surface area contributed by atoms with Crippen LogP contribution in [0.3, 0.4) is 0 Å². The van der Waals surface area contributed by atoms with E-state index in [0.717, 1.165) is 11.1 Å². The van der Waals surface area contributed by atoms with Crippen molar-refractivity contribution in [1.82, 2.24) is 4.98 Å². The topological polar surface area (TPSA) is 52.3 Å². The zero-order valence-corrected chi connectivity index (χ0v) is 11.8. The summed E-state index contributed by atoms with van der Waals surface area (Å²) in [6, 6.07) is 9.92. The van der Waals surface area contributed by atoms with Gasteiger partial charge in [-0.25, -0.2) is 9.78 Å². The van der Waals surface area contributed by atoms with E-state index in [1.54, 1.807) is 13.8 Å².